The standard InChI is InChI=1S/C18H28O4/c1-13(2)12-17(9-5-3-6-10-17)18(16(21)22)11-7-4-8-14(18)15(19)20/h4,7,13-14H,3,5-6,8-12H2,1-2H3,(H,19,20)(H,21,22). The highest BCUT2D eigenvalue weighted by Gasteiger charge is 2.62. The van der Waals surface area contributed by atoms with Gasteiger partial charge in [0.2, 0.25) is 0 Å². The van der Waals surface area contributed by atoms with Crippen molar-refractivity contribution in [2.75, 3.05) is 0 Å². The molecule has 2 atom stereocenters. The van der Waals surface area contributed by atoms with Gasteiger partial charge in [0.1, 0.15) is 0 Å². The topological polar surface area (TPSA) is 74.6 Å². The van der Waals surface area contributed by atoms with Crippen molar-refractivity contribution in [3.63, 3.8) is 0 Å². The molecular formula is C18H28O4. The van der Waals surface area contributed by atoms with Gasteiger partial charge in [0.15, 0.2) is 0 Å². The lowest BCUT2D eigenvalue weighted by Crippen LogP contribution is -2.56. The molecule has 1 saturated carbocycles. The zero-order valence-electron chi connectivity index (χ0n) is 13.7. The number of carbonyl (C=O) groups is 2. The molecule has 124 valence electrons. The molecule has 0 radical (unpaired) electrons. The maximum absolute atomic E-state index is 12.4. The number of carboxylic acids is 2. The molecule has 0 heterocycles. The first-order valence-corrected chi connectivity index (χ1v) is 8.47. The molecule has 2 rings (SSSR count). The van der Waals surface area contributed by atoms with E-state index in [0.29, 0.717) is 18.8 Å². The van der Waals surface area contributed by atoms with E-state index in [1.54, 1.807) is 0 Å². The fourth-order valence-corrected chi connectivity index (χ4v) is 5.05. The third-order valence-electron chi connectivity index (χ3n) is 5.81. The molecule has 4 heteroatoms. The van der Waals surface area contributed by atoms with E-state index in [9.17, 15) is 19.8 Å². The molecule has 0 aromatic rings. The van der Waals surface area contributed by atoms with Gasteiger partial charge >= 0.3 is 11.9 Å². The summed E-state index contributed by atoms with van der Waals surface area (Å²) < 4.78 is 0. The van der Waals surface area contributed by atoms with Gasteiger partial charge in [0.25, 0.3) is 0 Å². The van der Waals surface area contributed by atoms with Crippen LogP contribution in [-0.2, 0) is 9.59 Å². The molecule has 22 heavy (non-hydrogen) atoms. The van der Waals surface area contributed by atoms with Gasteiger partial charge in [-0.2, -0.15) is 0 Å². The molecule has 2 aliphatic carbocycles. The first-order chi connectivity index (χ1) is 10.4. The Morgan fingerprint density at radius 3 is 2.27 bits per heavy atom. The molecule has 0 aromatic heterocycles. The Bertz CT molecular complexity index is 460. The third-order valence-corrected chi connectivity index (χ3v) is 5.81. The van der Waals surface area contributed by atoms with E-state index in [4.69, 9.17) is 0 Å². The zero-order valence-corrected chi connectivity index (χ0v) is 13.7. The summed E-state index contributed by atoms with van der Waals surface area (Å²) in [7, 11) is 0. The second kappa shape index (κ2) is 6.43. The minimum Gasteiger partial charge on any atom is -0.481 e. The van der Waals surface area contributed by atoms with Gasteiger partial charge in [-0.25, -0.2) is 0 Å². The van der Waals surface area contributed by atoms with Gasteiger partial charge in [-0.3, -0.25) is 9.59 Å². The highest BCUT2D eigenvalue weighted by Crippen LogP contribution is 2.61. The van der Waals surface area contributed by atoms with E-state index in [1.807, 2.05) is 12.2 Å². The zero-order chi connectivity index (χ0) is 16.4. The molecule has 0 saturated heterocycles. The second-order valence-corrected chi connectivity index (χ2v) is 7.52. The Morgan fingerprint density at radius 1 is 1.14 bits per heavy atom. The van der Waals surface area contributed by atoms with Crippen molar-refractivity contribution in [3.05, 3.63) is 12.2 Å². The van der Waals surface area contributed by atoms with Crippen LogP contribution < -0.4 is 0 Å². The van der Waals surface area contributed by atoms with Crippen LogP contribution in [0.4, 0.5) is 0 Å². The average molecular weight is 308 g/mol. The van der Waals surface area contributed by atoms with Gasteiger partial charge < -0.3 is 10.2 Å². The van der Waals surface area contributed by atoms with Crippen LogP contribution >= 0.6 is 0 Å². The fourth-order valence-electron chi connectivity index (χ4n) is 5.05. The maximum atomic E-state index is 12.4. The van der Waals surface area contributed by atoms with Crippen molar-refractivity contribution in [2.24, 2.45) is 22.7 Å². The molecular weight excluding hydrogens is 280 g/mol. The van der Waals surface area contributed by atoms with Crippen LogP contribution in [0.5, 0.6) is 0 Å². The molecule has 0 bridgehead atoms. The Morgan fingerprint density at radius 2 is 1.77 bits per heavy atom. The predicted molar refractivity (Wildman–Crippen MR) is 84.5 cm³/mol. The van der Waals surface area contributed by atoms with Crippen molar-refractivity contribution >= 4 is 11.9 Å². The van der Waals surface area contributed by atoms with Crippen molar-refractivity contribution in [1.82, 2.24) is 0 Å². The summed E-state index contributed by atoms with van der Waals surface area (Å²) in [6.45, 7) is 4.22. The van der Waals surface area contributed by atoms with Crippen LogP contribution in [0.1, 0.15) is 65.2 Å². The molecule has 4 nitrogen and oxygen atoms in total. The molecule has 0 aliphatic heterocycles. The number of allylic oxidation sites excluding steroid dienone is 2. The SMILES string of the molecule is CC(C)CC1(C2(C(=O)O)CC=CCC2C(=O)O)CCCCC1. The molecule has 0 amide bonds. The Kier molecular flexibility index (Phi) is 4.98. The van der Waals surface area contributed by atoms with Crippen LogP contribution in [0.2, 0.25) is 0 Å². The maximum Gasteiger partial charge on any atom is 0.311 e. The minimum absolute atomic E-state index is 0.335. The monoisotopic (exact) mass is 308 g/mol. The second-order valence-electron chi connectivity index (χ2n) is 7.52. The fraction of sp³-hybridized carbons (Fsp3) is 0.778. The molecule has 2 unspecified atom stereocenters. The van der Waals surface area contributed by atoms with Crippen LogP contribution in [0.25, 0.3) is 0 Å². The first kappa shape index (κ1) is 17.0. The summed E-state index contributed by atoms with van der Waals surface area (Å²) >= 11 is 0. The summed E-state index contributed by atoms with van der Waals surface area (Å²) in [4.78, 5) is 24.2. The van der Waals surface area contributed by atoms with Crippen molar-refractivity contribution < 1.29 is 19.8 Å². The lowest BCUT2D eigenvalue weighted by molar-refractivity contribution is -0.181. The summed E-state index contributed by atoms with van der Waals surface area (Å²) in [6, 6.07) is 0. The highest BCUT2D eigenvalue weighted by atomic mass is 16.4. The Hall–Kier alpha value is -1.32. The number of hydrogen-bond acceptors (Lipinski definition) is 2. The molecule has 2 N–H and O–H groups in total. The first-order valence-electron chi connectivity index (χ1n) is 8.47. The van der Waals surface area contributed by atoms with Crippen LogP contribution in [0, 0.1) is 22.7 Å². The quantitative estimate of drug-likeness (QED) is 0.750. The molecule has 0 aromatic carbocycles. The van der Waals surface area contributed by atoms with Crippen LogP contribution in [0.15, 0.2) is 12.2 Å². The van der Waals surface area contributed by atoms with Gasteiger partial charge in [-0.05, 0) is 43.4 Å². The van der Waals surface area contributed by atoms with E-state index in [2.05, 4.69) is 13.8 Å². The smallest absolute Gasteiger partial charge is 0.311 e. The number of aliphatic carboxylic acids is 2. The Labute approximate surface area is 132 Å². The van der Waals surface area contributed by atoms with Gasteiger partial charge in [0.05, 0.1) is 11.3 Å². The number of rotatable bonds is 5. The van der Waals surface area contributed by atoms with Crippen molar-refractivity contribution in [1.29, 1.82) is 0 Å². The van der Waals surface area contributed by atoms with E-state index in [-0.39, 0.29) is 5.41 Å². The predicted octanol–water partition coefficient (Wildman–Crippen LogP) is 4.10. The summed E-state index contributed by atoms with van der Waals surface area (Å²) in [5, 5.41) is 19.8. The van der Waals surface area contributed by atoms with E-state index >= 15 is 0 Å². The van der Waals surface area contributed by atoms with E-state index < -0.39 is 23.3 Å². The molecule has 2 aliphatic rings. The average Bonchev–Trinajstić information content (AvgIpc) is 2.46. The minimum atomic E-state index is -1.15. The summed E-state index contributed by atoms with van der Waals surface area (Å²) in [6.07, 6.45) is 10.1. The largest absolute Gasteiger partial charge is 0.481 e. The van der Waals surface area contributed by atoms with Crippen molar-refractivity contribution in [3.8, 4) is 0 Å². The molecule has 1 fully saturated rings. The van der Waals surface area contributed by atoms with Crippen LogP contribution in [0.3, 0.4) is 0 Å². The van der Waals surface area contributed by atoms with Gasteiger partial charge in [0, 0.05) is 0 Å². The number of hydrogen-bond donors (Lipinski definition) is 2. The lowest BCUT2D eigenvalue weighted by atomic mass is 9.47. The van der Waals surface area contributed by atoms with E-state index in [0.717, 1.165) is 38.5 Å². The third kappa shape index (κ3) is 2.68. The highest BCUT2D eigenvalue weighted by molar-refractivity contribution is 5.85. The van der Waals surface area contributed by atoms with Gasteiger partial charge in [-0.15, -0.1) is 0 Å². The van der Waals surface area contributed by atoms with Crippen LogP contribution in [-0.4, -0.2) is 22.2 Å². The Balaban J connectivity index is 2.56. The number of carboxylic acid groups (broad SMARTS) is 2. The van der Waals surface area contributed by atoms with E-state index in [1.165, 1.54) is 0 Å². The normalized spacial score (nSPS) is 31.1. The van der Waals surface area contributed by atoms with Crippen molar-refractivity contribution in [2.45, 2.75) is 65.2 Å². The molecule has 0 spiro atoms. The van der Waals surface area contributed by atoms with Gasteiger partial charge in [-0.1, -0.05) is 45.3 Å². The lowest BCUT2D eigenvalue weighted by Gasteiger charge is -2.54. The summed E-state index contributed by atoms with van der Waals surface area (Å²) in [5.41, 5.74) is -1.54. The summed E-state index contributed by atoms with van der Waals surface area (Å²) in [5.74, 6) is -2.31.